The van der Waals surface area contributed by atoms with Crippen molar-refractivity contribution in [1.82, 2.24) is 5.32 Å². The largest absolute Gasteiger partial charge is 0.334 e. The zero-order chi connectivity index (χ0) is 13.7. The number of carbonyl (C=O) groups is 1. The second-order valence-corrected chi connectivity index (χ2v) is 4.97. The summed E-state index contributed by atoms with van der Waals surface area (Å²) >= 11 is 0. The molecule has 1 aromatic carbocycles. The highest BCUT2D eigenvalue weighted by atomic mass is 19.1. The van der Waals surface area contributed by atoms with Crippen molar-refractivity contribution in [2.75, 3.05) is 11.9 Å². The van der Waals surface area contributed by atoms with Crippen LogP contribution in [0.4, 0.5) is 14.9 Å². The fourth-order valence-electron chi connectivity index (χ4n) is 2.62. The molecule has 0 spiro atoms. The first kappa shape index (κ1) is 13.8. The van der Waals surface area contributed by atoms with E-state index in [0.29, 0.717) is 12.5 Å². The fourth-order valence-corrected chi connectivity index (χ4v) is 2.62. The summed E-state index contributed by atoms with van der Waals surface area (Å²) in [5.74, 6) is -0.000754. The third-order valence-electron chi connectivity index (χ3n) is 3.66. The van der Waals surface area contributed by atoms with E-state index >= 15 is 0 Å². The van der Waals surface area contributed by atoms with Crippen LogP contribution in [0.3, 0.4) is 0 Å². The number of para-hydroxylation sites is 1. The molecule has 4 nitrogen and oxygen atoms in total. The normalized spacial score (nSPS) is 17.2. The van der Waals surface area contributed by atoms with E-state index in [1.165, 1.54) is 25.0 Å². The number of amides is 2. The quantitative estimate of drug-likeness (QED) is 0.783. The number of carbonyl (C=O) groups excluding carboxylic acids is 1. The summed E-state index contributed by atoms with van der Waals surface area (Å²) in [5, 5.41) is 5.36. The summed E-state index contributed by atoms with van der Waals surface area (Å²) in [4.78, 5) is 11.8. The number of halogens is 1. The molecule has 19 heavy (non-hydrogen) atoms. The van der Waals surface area contributed by atoms with Gasteiger partial charge in [0.25, 0.3) is 0 Å². The highest BCUT2D eigenvalue weighted by Crippen LogP contribution is 2.27. The van der Waals surface area contributed by atoms with E-state index in [1.807, 2.05) is 0 Å². The van der Waals surface area contributed by atoms with Gasteiger partial charge in [0, 0.05) is 12.6 Å². The van der Waals surface area contributed by atoms with E-state index in [4.69, 9.17) is 5.73 Å². The van der Waals surface area contributed by atoms with Crippen LogP contribution in [-0.2, 0) is 0 Å². The van der Waals surface area contributed by atoms with Crippen LogP contribution in [0.5, 0.6) is 0 Å². The van der Waals surface area contributed by atoms with Gasteiger partial charge in [-0.1, -0.05) is 25.0 Å². The number of nitrogens with one attached hydrogen (secondary N) is 2. The van der Waals surface area contributed by atoms with Gasteiger partial charge in [-0.15, -0.1) is 0 Å². The van der Waals surface area contributed by atoms with Gasteiger partial charge >= 0.3 is 6.03 Å². The van der Waals surface area contributed by atoms with Crippen molar-refractivity contribution < 1.29 is 9.18 Å². The molecule has 0 aromatic heterocycles. The smallest absolute Gasteiger partial charge is 0.319 e. The van der Waals surface area contributed by atoms with Crippen LogP contribution in [0.15, 0.2) is 24.3 Å². The molecule has 0 bridgehead atoms. The molecular weight excluding hydrogens is 245 g/mol. The van der Waals surface area contributed by atoms with Gasteiger partial charge in [0.05, 0.1) is 5.69 Å². The van der Waals surface area contributed by atoms with Crippen molar-refractivity contribution in [3.63, 3.8) is 0 Å². The predicted octanol–water partition coefficient (Wildman–Crippen LogP) is 2.46. The highest BCUT2D eigenvalue weighted by Gasteiger charge is 2.25. The Balaban J connectivity index is 1.91. The standard InChI is InChI=1S/C14H20FN3O/c15-11-7-3-4-8-12(11)17-14(19)18-13(9-16)10-5-1-2-6-10/h3-4,7-8,10,13H,1-2,5-6,9,16H2,(H2,17,18,19). The minimum atomic E-state index is -0.442. The Labute approximate surface area is 112 Å². The molecule has 0 heterocycles. The fraction of sp³-hybridized carbons (Fsp3) is 0.500. The van der Waals surface area contributed by atoms with Crippen LogP contribution < -0.4 is 16.4 Å². The molecule has 5 heteroatoms. The second-order valence-electron chi connectivity index (χ2n) is 4.97. The molecule has 0 saturated heterocycles. The minimum Gasteiger partial charge on any atom is -0.334 e. The van der Waals surface area contributed by atoms with Crippen molar-refractivity contribution in [1.29, 1.82) is 0 Å². The summed E-state index contributed by atoms with van der Waals surface area (Å²) in [5.41, 5.74) is 5.89. The summed E-state index contributed by atoms with van der Waals surface area (Å²) in [6.45, 7) is 0.412. The molecule has 4 N–H and O–H groups in total. The average Bonchev–Trinajstić information content (AvgIpc) is 2.92. The number of benzene rings is 1. The maximum absolute atomic E-state index is 13.4. The Morgan fingerprint density at radius 2 is 2.05 bits per heavy atom. The van der Waals surface area contributed by atoms with Gasteiger partial charge in [-0.05, 0) is 30.9 Å². The third kappa shape index (κ3) is 3.67. The number of rotatable bonds is 4. The first-order valence-electron chi connectivity index (χ1n) is 6.73. The molecule has 2 rings (SSSR count). The van der Waals surface area contributed by atoms with Crippen molar-refractivity contribution in [3.05, 3.63) is 30.1 Å². The summed E-state index contributed by atoms with van der Waals surface area (Å²) in [6, 6.07) is 5.67. The second kappa shape index (κ2) is 6.52. The molecule has 1 atom stereocenters. The zero-order valence-corrected chi connectivity index (χ0v) is 10.9. The van der Waals surface area contributed by atoms with Crippen LogP contribution in [-0.4, -0.2) is 18.6 Å². The Bertz CT molecular complexity index is 432. The van der Waals surface area contributed by atoms with Crippen LogP contribution in [0, 0.1) is 11.7 Å². The van der Waals surface area contributed by atoms with E-state index in [-0.39, 0.29) is 11.7 Å². The Kier molecular flexibility index (Phi) is 4.74. The van der Waals surface area contributed by atoms with E-state index in [0.717, 1.165) is 12.8 Å². The molecule has 1 fully saturated rings. The van der Waals surface area contributed by atoms with Crippen LogP contribution >= 0.6 is 0 Å². The van der Waals surface area contributed by atoms with Crippen molar-refractivity contribution in [2.45, 2.75) is 31.7 Å². The van der Waals surface area contributed by atoms with E-state index in [9.17, 15) is 9.18 Å². The monoisotopic (exact) mass is 265 g/mol. The number of anilines is 1. The molecule has 1 aromatic rings. The van der Waals surface area contributed by atoms with E-state index in [1.54, 1.807) is 12.1 Å². The molecule has 2 amide bonds. The lowest BCUT2D eigenvalue weighted by molar-refractivity contribution is 0.243. The SMILES string of the molecule is NCC(NC(=O)Nc1ccccc1F)C1CCCC1. The molecule has 0 radical (unpaired) electrons. The van der Waals surface area contributed by atoms with Gasteiger partial charge in [0.15, 0.2) is 0 Å². The Morgan fingerprint density at radius 1 is 1.37 bits per heavy atom. The lowest BCUT2D eigenvalue weighted by atomic mass is 9.98. The molecule has 0 aliphatic heterocycles. The van der Waals surface area contributed by atoms with Crippen LogP contribution in [0.2, 0.25) is 0 Å². The maximum atomic E-state index is 13.4. The number of hydrogen-bond donors (Lipinski definition) is 3. The molecular formula is C14H20FN3O. The molecule has 1 aliphatic rings. The maximum Gasteiger partial charge on any atom is 0.319 e. The summed E-state index contributed by atoms with van der Waals surface area (Å²) in [6.07, 6.45) is 4.58. The number of urea groups is 1. The summed E-state index contributed by atoms with van der Waals surface area (Å²) in [7, 11) is 0. The molecule has 104 valence electrons. The lowest BCUT2D eigenvalue weighted by Gasteiger charge is -2.23. The highest BCUT2D eigenvalue weighted by molar-refractivity contribution is 5.89. The predicted molar refractivity (Wildman–Crippen MR) is 73.4 cm³/mol. The van der Waals surface area contributed by atoms with Gasteiger partial charge in [0.1, 0.15) is 5.82 Å². The minimum absolute atomic E-state index is 0.0331. The van der Waals surface area contributed by atoms with Gasteiger partial charge in [-0.2, -0.15) is 0 Å². The van der Waals surface area contributed by atoms with Gasteiger partial charge < -0.3 is 16.4 Å². The topological polar surface area (TPSA) is 67.1 Å². The van der Waals surface area contributed by atoms with Crippen LogP contribution in [0.25, 0.3) is 0 Å². The average molecular weight is 265 g/mol. The van der Waals surface area contributed by atoms with E-state index < -0.39 is 11.8 Å². The van der Waals surface area contributed by atoms with Crippen molar-refractivity contribution >= 4 is 11.7 Å². The van der Waals surface area contributed by atoms with Crippen molar-refractivity contribution in [2.24, 2.45) is 11.7 Å². The first-order chi connectivity index (χ1) is 9.20. The number of hydrogen-bond acceptors (Lipinski definition) is 2. The zero-order valence-electron chi connectivity index (χ0n) is 10.9. The molecule has 1 aliphatic carbocycles. The third-order valence-corrected chi connectivity index (χ3v) is 3.66. The lowest BCUT2D eigenvalue weighted by Crippen LogP contribution is -2.46. The Hall–Kier alpha value is -1.62. The molecule has 1 saturated carbocycles. The van der Waals surface area contributed by atoms with E-state index in [2.05, 4.69) is 10.6 Å². The Morgan fingerprint density at radius 3 is 2.68 bits per heavy atom. The van der Waals surface area contributed by atoms with Gasteiger partial charge in [-0.25, -0.2) is 9.18 Å². The van der Waals surface area contributed by atoms with Gasteiger partial charge in [0.2, 0.25) is 0 Å². The van der Waals surface area contributed by atoms with Crippen LogP contribution in [0.1, 0.15) is 25.7 Å². The molecule has 1 unspecified atom stereocenters. The van der Waals surface area contributed by atoms with Crippen molar-refractivity contribution in [3.8, 4) is 0 Å². The number of nitrogens with two attached hydrogens (primary N) is 1. The summed E-state index contributed by atoms with van der Waals surface area (Å²) < 4.78 is 13.4. The first-order valence-corrected chi connectivity index (χ1v) is 6.73. The van der Waals surface area contributed by atoms with Gasteiger partial charge in [-0.3, -0.25) is 0 Å².